The second-order valence-corrected chi connectivity index (χ2v) is 8.05. The van der Waals surface area contributed by atoms with E-state index < -0.39 is 11.7 Å². The molecule has 3 aliphatic rings. The predicted molar refractivity (Wildman–Crippen MR) is 121 cm³/mol. The fraction of sp³-hybridized carbons (Fsp3) is 0.304. The van der Waals surface area contributed by atoms with Crippen LogP contribution in [0, 0.1) is 0 Å². The van der Waals surface area contributed by atoms with E-state index in [1.165, 1.54) is 12.1 Å². The Morgan fingerprint density at radius 3 is 2.67 bits per heavy atom. The van der Waals surface area contributed by atoms with Crippen LogP contribution in [0.25, 0.3) is 11.4 Å². The molecule has 2 aromatic rings. The molecule has 0 bridgehead atoms. The van der Waals surface area contributed by atoms with Gasteiger partial charge in [0.15, 0.2) is 5.82 Å². The number of hydrogen-bond donors (Lipinski definition) is 3. The van der Waals surface area contributed by atoms with Crippen LogP contribution in [0.2, 0.25) is 0 Å². The summed E-state index contributed by atoms with van der Waals surface area (Å²) in [5.41, 5.74) is 3.56. The molecule has 33 heavy (non-hydrogen) atoms. The van der Waals surface area contributed by atoms with Crippen molar-refractivity contribution in [1.82, 2.24) is 25.7 Å². The molecule has 1 aromatic carbocycles. The first-order valence-corrected chi connectivity index (χ1v) is 10.8. The van der Waals surface area contributed by atoms with Gasteiger partial charge in [-0.15, -0.1) is 0 Å². The summed E-state index contributed by atoms with van der Waals surface area (Å²) in [5.74, 6) is 1.86. The maximum atomic E-state index is 13.7. The molecule has 1 fully saturated rings. The van der Waals surface area contributed by atoms with Crippen LogP contribution in [0.5, 0.6) is 0 Å². The predicted octanol–water partition coefficient (Wildman–Crippen LogP) is 3.14. The van der Waals surface area contributed by atoms with Gasteiger partial charge in [0.25, 0.3) is 0 Å². The fourth-order valence-electron chi connectivity index (χ4n) is 4.22. The number of anilines is 2. The van der Waals surface area contributed by atoms with E-state index in [2.05, 4.69) is 30.9 Å². The van der Waals surface area contributed by atoms with E-state index in [0.29, 0.717) is 24.7 Å². The molecule has 0 saturated carbocycles. The Morgan fingerprint density at radius 1 is 1.09 bits per heavy atom. The summed E-state index contributed by atoms with van der Waals surface area (Å²) in [5, 5.41) is 8.46. The number of benzene rings is 1. The van der Waals surface area contributed by atoms with Crippen LogP contribution in [-0.4, -0.2) is 54.2 Å². The number of piperazine rings is 1. The molecule has 10 heteroatoms. The van der Waals surface area contributed by atoms with Crippen LogP contribution >= 0.6 is 0 Å². The maximum Gasteiger partial charge on any atom is 0.417 e. The quantitative estimate of drug-likeness (QED) is 0.655. The fourth-order valence-corrected chi connectivity index (χ4v) is 4.22. The van der Waals surface area contributed by atoms with Gasteiger partial charge in [0.1, 0.15) is 17.5 Å². The van der Waals surface area contributed by atoms with Crippen LogP contribution < -0.4 is 21.0 Å². The van der Waals surface area contributed by atoms with Crippen molar-refractivity contribution in [3.63, 3.8) is 0 Å². The minimum atomic E-state index is -4.51. The van der Waals surface area contributed by atoms with Gasteiger partial charge in [-0.3, -0.25) is 5.01 Å². The molecule has 0 radical (unpaired) electrons. The standard InChI is InChI=1S/C23H24F3N7/c1-32-22(16-7-3-5-9-18(16)31-32)29-19-14-20(33-12-10-27-11-13-33)30-21(28-19)15-6-2-4-8-17(15)23(24,25)26/h2-9,14,18,27,31H,10-13H2,1H3,(H,28,29,30). The molecule has 7 nitrogen and oxygen atoms in total. The first-order chi connectivity index (χ1) is 15.9. The number of halogens is 3. The summed E-state index contributed by atoms with van der Waals surface area (Å²) in [7, 11) is 1.88. The molecular weight excluding hydrogens is 431 g/mol. The number of nitrogens with zero attached hydrogens (tertiary/aromatic N) is 4. The average Bonchev–Trinajstić information content (AvgIpc) is 3.14. The van der Waals surface area contributed by atoms with Gasteiger partial charge in [-0.05, 0) is 6.07 Å². The Labute approximate surface area is 189 Å². The summed E-state index contributed by atoms with van der Waals surface area (Å²) < 4.78 is 41.2. The second kappa shape index (κ2) is 8.53. The summed E-state index contributed by atoms with van der Waals surface area (Å²) in [6.07, 6.45) is 3.45. The zero-order valence-corrected chi connectivity index (χ0v) is 18.0. The second-order valence-electron chi connectivity index (χ2n) is 8.05. The van der Waals surface area contributed by atoms with Crippen LogP contribution in [0.3, 0.4) is 0 Å². The Hall–Kier alpha value is -3.37. The van der Waals surface area contributed by atoms with Gasteiger partial charge in [0.2, 0.25) is 0 Å². The molecule has 1 unspecified atom stereocenters. The van der Waals surface area contributed by atoms with Gasteiger partial charge in [0.05, 0.1) is 11.6 Å². The third kappa shape index (κ3) is 4.31. The van der Waals surface area contributed by atoms with Crippen LogP contribution in [0.4, 0.5) is 24.8 Å². The van der Waals surface area contributed by atoms with Crippen molar-refractivity contribution in [2.24, 2.45) is 0 Å². The zero-order chi connectivity index (χ0) is 23.0. The molecule has 1 atom stereocenters. The first-order valence-electron chi connectivity index (χ1n) is 10.8. The molecule has 0 amide bonds. The number of nitrogens with one attached hydrogen (secondary N) is 3. The van der Waals surface area contributed by atoms with E-state index in [4.69, 9.17) is 0 Å². The number of fused-ring (bicyclic) bond motifs is 1. The van der Waals surface area contributed by atoms with Crippen molar-refractivity contribution < 1.29 is 13.2 Å². The smallest absolute Gasteiger partial charge is 0.354 e. The average molecular weight is 455 g/mol. The highest BCUT2D eigenvalue weighted by molar-refractivity contribution is 5.66. The number of hydrazine groups is 1. The van der Waals surface area contributed by atoms with Gasteiger partial charge in [-0.2, -0.15) is 13.2 Å². The van der Waals surface area contributed by atoms with Gasteiger partial charge in [0, 0.05) is 50.4 Å². The van der Waals surface area contributed by atoms with E-state index in [-0.39, 0.29) is 17.4 Å². The SMILES string of the molecule is CN1NC2C=CC=CC2=C1Nc1cc(N2CCNCC2)nc(-c2ccccc2C(F)(F)F)n1. The van der Waals surface area contributed by atoms with Gasteiger partial charge >= 0.3 is 6.18 Å². The third-order valence-electron chi connectivity index (χ3n) is 5.84. The van der Waals surface area contributed by atoms with E-state index in [0.717, 1.165) is 30.5 Å². The zero-order valence-electron chi connectivity index (χ0n) is 18.0. The number of hydrogen-bond acceptors (Lipinski definition) is 7. The largest absolute Gasteiger partial charge is 0.417 e. The molecule has 3 N–H and O–H groups in total. The maximum absolute atomic E-state index is 13.7. The molecule has 1 saturated heterocycles. The van der Waals surface area contributed by atoms with E-state index in [1.54, 1.807) is 12.1 Å². The molecular formula is C23H24F3N7. The molecule has 172 valence electrons. The van der Waals surface area contributed by atoms with E-state index in [9.17, 15) is 13.2 Å². The molecule has 3 heterocycles. The first kappa shape index (κ1) is 21.5. The van der Waals surface area contributed by atoms with Crippen molar-refractivity contribution >= 4 is 11.6 Å². The lowest BCUT2D eigenvalue weighted by atomic mass is 10.0. The molecule has 2 aliphatic heterocycles. The van der Waals surface area contributed by atoms with Crippen LogP contribution in [0.15, 0.2) is 66.0 Å². The summed E-state index contributed by atoms with van der Waals surface area (Å²) in [6.45, 7) is 2.98. The minimum Gasteiger partial charge on any atom is -0.354 e. The highest BCUT2D eigenvalue weighted by Gasteiger charge is 2.34. The Kier molecular flexibility index (Phi) is 5.55. The Balaban J connectivity index is 1.59. The molecule has 5 rings (SSSR count). The number of aromatic nitrogens is 2. The lowest BCUT2D eigenvalue weighted by Gasteiger charge is -2.29. The van der Waals surface area contributed by atoms with Crippen molar-refractivity contribution in [3.8, 4) is 11.4 Å². The monoisotopic (exact) mass is 455 g/mol. The number of allylic oxidation sites excluding steroid dienone is 2. The van der Waals surface area contributed by atoms with E-state index in [1.807, 2.05) is 36.4 Å². The molecule has 0 spiro atoms. The highest BCUT2D eigenvalue weighted by atomic mass is 19.4. The lowest BCUT2D eigenvalue weighted by molar-refractivity contribution is -0.137. The minimum absolute atomic E-state index is 0.0300. The van der Waals surface area contributed by atoms with Crippen molar-refractivity contribution in [2.45, 2.75) is 12.2 Å². The Bertz CT molecular complexity index is 1130. The normalized spacial score (nSPS) is 20.4. The van der Waals surface area contributed by atoms with Crippen LogP contribution in [-0.2, 0) is 6.18 Å². The molecule has 1 aliphatic carbocycles. The number of rotatable bonds is 4. The van der Waals surface area contributed by atoms with E-state index >= 15 is 0 Å². The van der Waals surface area contributed by atoms with Gasteiger partial charge in [-0.25, -0.2) is 15.4 Å². The van der Waals surface area contributed by atoms with Crippen LogP contribution in [0.1, 0.15) is 5.56 Å². The highest BCUT2D eigenvalue weighted by Crippen LogP contribution is 2.37. The van der Waals surface area contributed by atoms with Crippen molar-refractivity contribution in [1.29, 1.82) is 0 Å². The molecule has 1 aromatic heterocycles. The van der Waals surface area contributed by atoms with Gasteiger partial charge < -0.3 is 15.5 Å². The Morgan fingerprint density at radius 2 is 1.88 bits per heavy atom. The summed E-state index contributed by atoms with van der Waals surface area (Å²) in [6, 6.07) is 7.25. The topological polar surface area (TPSA) is 68.3 Å². The third-order valence-corrected chi connectivity index (χ3v) is 5.84. The van der Waals surface area contributed by atoms with Crippen molar-refractivity contribution in [2.75, 3.05) is 43.4 Å². The lowest BCUT2D eigenvalue weighted by Crippen LogP contribution is -2.44. The van der Waals surface area contributed by atoms with Gasteiger partial charge in [-0.1, -0.05) is 42.5 Å². The summed E-state index contributed by atoms with van der Waals surface area (Å²) in [4.78, 5) is 11.1. The van der Waals surface area contributed by atoms with Crippen molar-refractivity contribution in [3.05, 3.63) is 71.6 Å². The summed E-state index contributed by atoms with van der Waals surface area (Å²) >= 11 is 0. The number of alkyl halides is 3.